The molecule has 5 fully saturated rings. The molecule has 0 spiro atoms. The summed E-state index contributed by atoms with van der Waals surface area (Å²) in [6.07, 6.45) is 5.23. The van der Waals surface area contributed by atoms with Gasteiger partial charge in [0.1, 0.15) is 11.8 Å². The van der Waals surface area contributed by atoms with E-state index in [1.54, 1.807) is 23.5 Å². The van der Waals surface area contributed by atoms with E-state index >= 15 is 0 Å². The number of carbonyl (C=O) groups excluding carboxylic acids is 3. The number of nitrogens with zero attached hydrogens (tertiary/aromatic N) is 5. The van der Waals surface area contributed by atoms with E-state index in [2.05, 4.69) is 103 Å². The summed E-state index contributed by atoms with van der Waals surface area (Å²) in [5.41, 5.74) is 9.87. The van der Waals surface area contributed by atoms with Crippen molar-refractivity contribution < 1.29 is 23.9 Å². The number of fused-ring (bicyclic) bond motifs is 4. The van der Waals surface area contributed by atoms with Crippen molar-refractivity contribution in [2.75, 3.05) is 53.5 Å². The van der Waals surface area contributed by atoms with Gasteiger partial charge in [-0.2, -0.15) is 0 Å². The monoisotopic (exact) mass is 839 g/mol. The minimum Gasteiger partial charge on any atom is -0.464 e. The van der Waals surface area contributed by atoms with Crippen molar-refractivity contribution in [3.8, 4) is 11.3 Å². The zero-order valence-corrected chi connectivity index (χ0v) is 37.6. The number of ether oxygens (including phenoxy) is 2. The maximum absolute atomic E-state index is 14.5. The second-order valence-corrected chi connectivity index (χ2v) is 20.7. The molecule has 7 aliphatic rings. The van der Waals surface area contributed by atoms with Crippen LogP contribution in [0.1, 0.15) is 83.0 Å². The Labute approximate surface area is 359 Å². The zero-order chi connectivity index (χ0) is 42.2. The lowest BCUT2D eigenvalue weighted by atomic mass is 9.72. The Hall–Kier alpha value is -3.62. The smallest absolute Gasteiger partial charge is 0.325 e. The van der Waals surface area contributed by atoms with Gasteiger partial charge in [-0.15, -0.1) is 11.3 Å². The number of aromatic nitrogens is 2. The van der Waals surface area contributed by atoms with Crippen LogP contribution in [0.3, 0.4) is 0 Å². The summed E-state index contributed by atoms with van der Waals surface area (Å²) in [5.74, 6) is -0.0320. The summed E-state index contributed by atoms with van der Waals surface area (Å²) in [6, 6.07) is 6.18. The molecule has 12 nitrogen and oxygen atoms in total. The Morgan fingerprint density at radius 2 is 1.87 bits per heavy atom. The molecule has 1 aromatic carbocycles. The summed E-state index contributed by atoms with van der Waals surface area (Å²) < 4.78 is 14.9. The average Bonchev–Trinajstić information content (AvgIpc) is 3.50. The number of rotatable bonds is 8. The summed E-state index contributed by atoms with van der Waals surface area (Å²) in [5, 5.41) is 9.75. The number of nitrogens with one attached hydrogen (secondary N) is 2. The fraction of sp³-hybridized carbons (Fsp3) is 0.660. The number of hydrazine groups is 1. The molecule has 2 aliphatic carbocycles. The Morgan fingerprint density at radius 3 is 2.57 bits per heavy atom. The molecule has 60 heavy (non-hydrogen) atoms. The van der Waals surface area contributed by atoms with E-state index in [-0.39, 0.29) is 66.6 Å². The minimum absolute atomic E-state index is 0.00124. The predicted octanol–water partition coefficient (Wildman–Crippen LogP) is 5.65. The molecular formula is C47H65N7O5S. The quantitative estimate of drug-likeness (QED) is 0.276. The van der Waals surface area contributed by atoms with Crippen molar-refractivity contribution in [3.63, 3.8) is 0 Å². The molecule has 2 N–H and O–H groups in total. The molecule has 7 heterocycles. The number of piperazine rings is 1. The third kappa shape index (κ3) is 7.64. The molecule has 324 valence electrons. The van der Waals surface area contributed by atoms with Gasteiger partial charge < -0.3 is 29.2 Å². The summed E-state index contributed by atoms with van der Waals surface area (Å²) >= 11 is 1.56. The van der Waals surface area contributed by atoms with Crippen molar-refractivity contribution in [3.05, 3.63) is 51.6 Å². The molecular weight excluding hydrogens is 775 g/mol. The minimum atomic E-state index is -0.609. The van der Waals surface area contributed by atoms with Gasteiger partial charge in [0.2, 0.25) is 5.91 Å². The third-order valence-electron chi connectivity index (χ3n) is 15.2. The molecule has 10 rings (SSSR count). The Morgan fingerprint density at radius 1 is 1.12 bits per heavy atom. The topological polar surface area (TPSA) is 121 Å². The highest BCUT2D eigenvalue weighted by atomic mass is 32.1. The van der Waals surface area contributed by atoms with Crippen molar-refractivity contribution in [2.24, 2.45) is 35.0 Å². The highest BCUT2D eigenvalue weighted by Crippen LogP contribution is 2.48. The number of amides is 1. The number of hydrogen-bond donors (Lipinski definition) is 2. The first kappa shape index (κ1) is 41.7. The number of Topliss-reactive ketones (excluding diaryl/α,β-unsaturated/α-hetero) is 1. The molecule has 2 unspecified atom stereocenters. The lowest BCUT2D eigenvalue weighted by molar-refractivity contribution is -0.172. The van der Waals surface area contributed by atoms with Gasteiger partial charge in [0.25, 0.3) is 0 Å². The van der Waals surface area contributed by atoms with Crippen LogP contribution in [0.25, 0.3) is 22.2 Å². The van der Waals surface area contributed by atoms with Gasteiger partial charge in [0, 0.05) is 122 Å². The number of thiazole rings is 1. The number of likely N-dealkylation sites (N-methyl/N-ethyl adjacent to an activating group) is 1. The first-order chi connectivity index (χ1) is 28.7. The van der Waals surface area contributed by atoms with Crippen LogP contribution in [0.15, 0.2) is 35.4 Å². The molecule has 8 bridgehead atoms. The van der Waals surface area contributed by atoms with Crippen molar-refractivity contribution in [1.29, 1.82) is 0 Å². The largest absolute Gasteiger partial charge is 0.464 e. The van der Waals surface area contributed by atoms with Gasteiger partial charge >= 0.3 is 5.97 Å². The fourth-order valence-electron chi connectivity index (χ4n) is 11.1. The molecule has 0 radical (unpaired) electrons. The number of carbonyl (C=O) groups is 3. The molecule has 3 aromatic rings. The van der Waals surface area contributed by atoms with E-state index in [1.807, 2.05) is 0 Å². The molecule has 8 atom stereocenters. The van der Waals surface area contributed by atoms with E-state index in [4.69, 9.17) is 14.5 Å². The lowest BCUT2D eigenvalue weighted by Gasteiger charge is -2.53. The standard InChI is InChI=1S/C47H65N7O5S/c1-9-53-38-11-10-29-18-34(38)36(44(53)35-21-33(23-48-42(35)28(4)58-8)52-14-12-51(7)13-15-52)22-47(5,6)25-59-46(57)43-30-16-32(17-30)54(50-43)45(56)31(20-40-49-37(29)24-60-40)19-39(55)41-26(2)27(41)3/h10-11,18,21,24,26-28,30-32,35,41-43,48,50H,9,12-17,19-20,22-23,25H2,1-8H3/t26-,27+,28-,30?,31-,32?,35?,41?,42+,43-/m0/s1. The molecule has 1 amide bonds. The van der Waals surface area contributed by atoms with Crippen LogP contribution >= 0.6 is 11.3 Å². The van der Waals surface area contributed by atoms with Crippen LogP contribution in [0.5, 0.6) is 0 Å². The summed E-state index contributed by atoms with van der Waals surface area (Å²) in [7, 11) is 4.00. The number of hydrogen-bond acceptors (Lipinski definition) is 11. The maximum atomic E-state index is 14.5. The van der Waals surface area contributed by atoms with Gasteiger partial charge in [-0.3, -0.25) is 19.4 Å². The van der Waals surface area contributed by atoms with Gasteiger partial charge in [-0.1, -0.05) is 39.8 Å². The van der Waals surface area contributed by atoms with Crippen molar-refractivity contribution >= 4 is 39.9 Å². The highest BCUT2D eigenvalue weighted by molar-refractivity contribution is 7.10. The van der Waals surface area contributed by atoms with Crippen LogP contribution in [0.4, 0.5) is 0 Å². The maximum Gasteiger partial charge on any atom is 0.325 e. The lowest BCUT2D eigenvalue weighted by Crippen LogP contribution is -2.70. The van der Waals surface area contributed by atoms with E-state index in [0.29, 0.717) is 24.7 Å². The second kappa shape index (κ2) is 16.3. The van der Waals surface area contributed by atoms with Crippen molar-refractivity contribution in [1.82, 2.24) is 35.1 Å². The predicted molar refractivity (Wildman–Crippen MR) is 234 cm³/mol. The Kier molecular flexibility index (Phi) is 11.3. The van der Waals surface area contributed by atoms with E-state index in [0.717, 1.165) is 68.4 Å². The number of ketones is 1. The highest BCUT2D eigenvalue weighted by Gasteiger charge is 2.53. The summed E-state index contributed by atoms with van der Waals surface area (Å²) in [6.45, 7) is 18.9. The van der Waals surface area contributed by atoms with Crippen LogP contribution in [-0.4, -0.2) is 120 Å². The normalized spacial score (nSPS) is 32.5. The van der Waals surface area contributed by atoms with Crippen LogP contribution in [0, 0.1) is 35.0 Å². The fourth-order valence-corrected chi connectivity index (χ4v) is 11.9. The number of esters is 1. The van der Waals surface area contributed by atoms with E-state index < -0.39 is 17.4 Å². The number of cyclic esters (lactones) is 1. The molecule has 3 saturated heterocycles. The van der Waals surface area contributed by atoms with Crippen LogP contribution < -0.4 is 10.7 Å². The van der Waals surface area contributed by atoms with Crippen LogP contribution in [-0.2, 0) is 43.2 Å². The average molecular weight is 840 g/mol. The SMILES string of the molecule is CCn1c(C2C=C(N3CCN(C)CC3)CN[C@@H]2[C@H](C)OC)c2c3cc(ccc31)-c1csc(n1)C[C@H](CC(=O)C1[C@@H](C)[C@H]1C)C(=O)N1N[C@H](C(=O)OCC(C)(C)C2)C2CC1C2. The second-order valence-electron chi connectivity index (χ2n) is 19.8. The first-order valence-electron chi connectivity index (χ1n) is 22.5. The van der Waals surface area contributed by atoms with E-state index in [1.165, 1.54) is 27.9 Å². The van der Waals surface area contributed by atoms with Gasteiger partial charge in [-0.25, -0.2) is 10.4 Å². The molecule has 13 heteroatoms. The zero-order valence-electron chi connectivity index (χ0n) is 36.8. The first-order valence-corrected chi connectivity index (χ1v) is 23.4. The summed E-state index contributed by atoms with van der Waals surface area (Å²) in [4.78, 5) is 52.4. The van der Waals surface area contributed by atoms with Gasteiger partial charge in [-0.05, 0) is 75.6 Å². The number of methoxy groups -OCH3 is 1. The van der Waals surface area contributed by atoms with Crippen LogP contribution in [0.2, 0.25) is 0 Å². The van der Waals surface area contributed by atoms with Gasteiger partial charge in [0.15, 0.2) is 0 Å². The number of benzene rings is 1. The Balaban J connectivity index is 1.15. The molecule has 5 aliphatic heterocycles. The Bertz CT molecular complexity index is 2160. The van der Waals surface area contributed by atoms with Crippen molar-refractivity contribution in [2.45, 2.75) is 110 Å². The number of aryl methyl sites for hydroxylation is 1. The van der Waals surface area contributed by atoms with E-state index in [9.17, 15) is 14.4 Å². The molecule has 2 aromatic heterocycles. The molecule has 2 saturated carbocycles. The van der Waals surface area contributed by atoms with Gasteiger partial charge in [0.05, 0.1) is 29.3 Å². The third-order valence-corrected chi connectivity index (χ3v) is 16.1.